The first-order valence-corrected chi connectivity index (χ1v) is 11.7. The van der Waals surface area contributed by atoms with E-state index in [4.69, 9.17) is 0 Å². The number of hydrogen-bond acceptors (Lipinski definition) is 2. The van der Waals surface area contributed by atoms with Crippen molar-refractivity contribution in [3.8, 4) is 0 Å². The Morgan fingerprint density at radius 2 is 1.68 bits per heavy atom. The van der Waals surface area contributed by atoms with Crippen LogP contribution in [0.2, 0.25) is 0 Å². The Balaban J connectivity index is 1.37. The molecule has 0 aliphatic carbocycles. The van der Waals surface area contributed by atoms with Gasteiger partial charge in [-0.25, -0.2) is 12.7 Å². The third-order valence-corrected chi connectivity index (χ3v) is 7.87. The van der Waals surface area contributed by atoms with E-state index in [0.29, 0.717) is 25.4 Å². The molecule has 148 valence electrons. The predicted octanol–water partition coefficient (Wildman–Crippen LogP) is 4.62. The molecule has 2 aromatic carbocycles. The number of H-pyrrole nitrogens is 1. The standard InChI is InChI=1S/C23H28N2O2S/c1-18-23(21-11-5-6-12-22(21)24-18)20-13-15-25(16-14-20)28(26,27)17-7-10-19-8-3-2-4-9-19/h2-6,8-9,11-12,20,24H,7,10,13-17H2,1H3. The number of aromatic nitrogens is 1. The first-order chi connectivity index (χ1) is 13.5. The highest BCUT2D eigenvalue weighted by Crippen LogP contribution is 2.36. The Labute approximate surface area is 167 Å². The van der Waals surface area contributed by atoms with Gasteiger partial charge >= 0.3 is 0 Å². The van der Waals surface area contributed by atoms with Gasteiger partial charge in [0, 0.05) is 29.7 Å². The number of rotatable bonds is 6. The van der Waals surface area contributed by atoms with E-state index in [1.165, 1.54) is 27.7 Å². The van der Waals surface area contributed by atoms with E-state index in [1.54, 1.807) is 4.31 Å². The van der Waals surface area contributed by atoms with Gasteiger partial charge in [0.15, 0.2) is 0 Å². The Hall–Kier alpha value is -2.11. The van der Waals surface area contributed by atoms with Gasteiger partial charge in [-0.1, -0.05) is 48.5 Å². The molecule has 2 heterocycles. The summed E-state index contributed by atoms with van der Waals surface area (Å²) in [5.41, 5.74) is 4.96. The summed E-state index contributed by atoms with van der Waals surface area (Å²) in [6.07, 6.45) is 3.26. The van der Waals surface area contributed by atoms with Crippen molar-refractivity contribution >= 4 is 20.9 Å². The molecule has 1 N–H and O–H groups in total. The lowest BCUT2D eigenvalue weighted by molar-refractivity contribution is 0.319. The van der Waals surface area contributed by atoms with Crippen LogP contribution in [-0.2, 0) is 16.4 Å². The van der Waals surface area contributed by atoms with E-state index in [9.17, 15) is 8.42 Å². The number of aryl methyl sites for hydroxylation is 2. The van der Waals surface area contributed by atoms with Crippen LogP contribution in [0.5, 0.6) is 0 Å². The Kier molecular flexibility index (Phi) is 5.56. The van der Waals surface area contributed by atoms with Gasteiger partial charge in [0.2, 0.25) is 10.0 Å². The molecule has 28 heavy (non-hydrogen) atoms. The Morgan fingerprint density at radius 1 is 1.00 bits per heavy atom. The molecule has 0 atom stereocenters. The fraction of sp³-hybridized carbons (Fsp3) is 0.391. The zero-order valence-electron chi connectivity index (χ0n) is 16.4. The molecule has 1 saturated heterocycles. The highest BCUT2D eigenvalue weighted by Gasteiger charge is 2.30. The summed E-state index contributed by atoms with van der Waals surface area (Å²) in [6.45, 7) is 3.37. The highest BCUT2D eigenvalue weighted by molar-refractivity contribution is 7.89. The number of sulfonamides is 1. The molecule has 1 fully saturated rings. The fourth-order valence-electron chi connectivity index (χ4n) is 4.48. The lowest BCUT2D eigenvalue weighted by Crippen LogP contribution is -2.39. The van der Waals surface area contributed by atoms with Gasteiger partial charge < -0.3 is 4.98 Å². The molecule has 0 amide bonds. The molecule has 4 nitrogen and oxygen atoms in total. The summed E-state index contributed by atoms with van der Waals surface area (Å²) in [6, 6.07) is 18.5. The molecular formula is C23H28N2O2S. The van der Waals surface area contributed by atoms with E-state index in [-0.39, 0.29) is 5.75 Å². The number of piperidine rings is 1. The van der Waals surface area contributed by atoms with Crippen molar-refractivity contribution in [1.82, 2.24) is 9.29 Å². The second-order valence-electron chi connectivity index (χ2n) is 7.79. The molecular weight excluding hydrogens is 368 g/mol. The van der Waals surface area contributed by atoms with Crippen molar-refractivity contribution in [2.45, 2.75) is 38.5 Å². The van der Waals surface area contributed by atoms with Crippen molar-refractivity contribution in [1.29, 1.82) is 0 Å². The van der Waals surface area contributed by atoms with Gasteiger partial charge in [-0.3, -0.25) is 0 Å². The molecule has 0 unspecified atom stereocenters. The number of nitrogens with one attached hydrogen (secondary N) is 1. The average Bonchev–Trinajstić information content (AvgIpc) is 3.04. The van der Waals surface area contributed by atoms with E-state index in [0.717, 1.165) is 19.3 Å². The van der Waals surface area contributed by atoms with Gasteiger partial charge in [0.1, 0.15) is 0 Å². The normalized spacial score (nSPS) is 16.6. The van der Waals surface area contributed by atoms with Gasteiger partial charge in [-0.15, -0.1) is 0 Å². The third-order valence-electron chi connectivity index (χ3n) is 5.91. The first kappa shape index (κ1) is 19.2. The molecule has 1 aliphatic heterocycles. The number of hydrogen-bond donors (Lipinski definition) is 1. The smallest absolute Gasteiger partial charge is 0.214 e. The number of aromatic amines is 1. The predicted molar refractivity (Wildman–Crippen MR) is 115 cm³/mol. The minimum atomic E-state index is -3.17. The largest absolute Gasteiger partial charge is 0.358 e. The minimum Gasteiger partial charge on any atom is -0.358 e. The molecule has 0 radical (unpaired) electrons. The van der Waals surface area contributed by atoms with E-state index in [2.05, 4.69) is 42.2 Å². The molecule has 0 saturated carbocycles. The molecule has 3 aromatic rings. The monoisotopic (exact) mass is 396 g/mol. The number of fused-ring (bicyclic) bond motifs is 1. The van der Waals surface area contributed by atoms with Crippen LogP contribution >= 0.6 is 0 Å². The summed E-state index contributed by atoms with van der Waals surface area (Å²) >= 11 is 0. The lowest BCUT2D eigenvalue weighted by Gasteiger charge is -2.31. The van der Waals surface area contributed by atoms with Gasteiger partial charge in [-0.05, 0) is 55.7 Å². The maximum atomic E-state index is 12.8. The molecule has 1 aromatic heterocycles. The molecule has 0 spiro atoms. The zero-order chi connectivity index (χ0) is 19.6. The average molecular weight is 397 g/mol. The van der Waals surface area contributed by atoms with Crippen LogP contribution in [0.25, 0.3) is 10.9 Å². The topological polar surface area (TPSA) is 53.2 Å². The molecule has 0 bridgehead atoms. The Bertz CT molecular complexity index is 1030. The third kappa shape index (κ3) is 4.01. The van der Waals surface area contributed by atoms with Crippen LogP contribution < -0.4 is 0 Å². The first-order valence-electron chi connectivity index (χ1n) is 10.1. The van der Waals surface area contributed by atoms with Crippen LogP contribution in [0, 0.1) is 6.92 Å². The van der Waals surface area contributed by atoms with Gasteiger partial charge in [0.05, 0.1) is 5.75 Å². The summed E-state index contributed by atoms with van der Waals surface area (Å²) in [5.74, 6) is 0.658. The van der Waals surface area contributed by atoms with Crippen molar-refractivity contribution in [3.05, 3.63) is 71.4 Å². The van der Waals surface area contributed by atoms with E-state index >= 15 is 0 Å². The number of benzene rings is 2. The number of para-hydroxylation sites is 1. The Morgan fingerprint density at radius 3 is 2.43 bits per heavy atom. The van der Waals surface area contributed by atoms with Crippen molar-refractivity contribution in [2.24, 2.45) is 0 Å². The highest BCUT2D eigenvalue weighted by atomic mass is 32.2. The van der Waals surface area contributed by atoms with E-state index < -0.39 is 10.0 Å². The maximum Gasteiger partial charge on any atom is 0.214 e. The van der Waals surface area contributed by atoms with Crippen molar-refractivity contribution < 1.29 is 8.42 Å². The van der Waals surface area contributed by atoms with Crippen LogP contribution in [0.1, 0.15) is 42.0 Å². The molecule has 4 rings (SSSR count). The van der Waals surface area contributed by atoms with Gasteiger partial charge in [-0.2, -0.15) is 0 Å². The van der Waals surface area contributed by atoms with Crippen LogP contribution in [-0.4, -0.2) is 36.5 Å². The second-order valence-corrected chi connectivity index (χ2v) is 9.88. The van der Waals surface area contributed by atoms with Crippen LogP contribution in [0.3, 0.4) is 0 Å². The minimum absolute atomic E-state index is 0.235. The summed E-state index contributed by atoms with van der Waals surface area (Å²) in [7, 11) is -3.17. The summed E-state index contributed by atoms with van der Waals surface area (Å²) < 4.78 is 27.2. The van der Waals surface area contributed by atoms with Gasteiger partial charge in [0.25, 0.3) is 0 Å². The zero-order valence-corrected chi connectivity index (χ0v) is 17.2. The summed E-state index contributed by atoms with van der Waals surface area (Å²) in [5, 5.41) is 1.28. The molecule has 5 heteroatoms. The van der Waals surface area contributed by atoms with Crippen LogP contribution in [0.4, 0.5) is 0 Å². The fourth-order valence-corrected chi connectivity index (χ4v) is 6.01. The lowest BCUT2D eigenvalue weighted by atomic mass is 9.88. The van der Waals surface area contributed by atoms with Crippen molar-refractivity contribution in [2.75, 3.05) is 18.8 Å². The quantitative estimate of drug-likeness (QED) is 0.661. The van der Waals surface area contributed by atoms with Crippen molar-refractivity contribution in [3.63, 3.8) is 0 Å². The second kappa shape index (κ2) is 8.10. The van der Waals surface area contributed by atoms with Crippen LogP contribution in [0.15, 0.2) is 54.6 Å². The summed E-state index contributed by atoms with van der Waals surface area (Å²) in [4.78, 5) is 3.48. The number of nitrogens with zero attached hydrogens (tertiary/aromatic N) is 1. The maximum absolute atomic E-state index is 12.8. The van der Waals surface area contributed by atoms with E-state index in [1.807, 2.05) is 24.3 Å². The molecule has 1 aliphatic rings. The SMILES string of the molecule is Cc1[nH]c2ccccc2c1C1CCN(S(=O)(=O)CCCc2ccccc2)CC1.